The average Bonchev–Trinajstić information content (AvgIpc) is 2.42. The minimum absolute atomic E-state index is 0.161. The van der Waals surface area contributed by atoms with Gasteiger partial charge in [-0.3, -0.25) is 0 Å². The van der Waals surface area contributed by atoms with Crippen molar-refractivity contribution in [1.29, 1.82) is 0 Å². The predicted molar refractivity (Wildman–Crippen MR) is 39.6 cm³/mol. The quantitative estimate of drug-likeness (QED) is 0.478. The van der Waals surface area contributed by atoms with Gasteiger partial charge in [0.2, 0.25) is 5.76 Å². The highest BCUT2D eigenvalue weighted by molar-refractivity contribution is 5.89. The van der Waals surface area contributed by atoms with Gasteiger partial charge in [-0.25, -0.2) is 4.79 Å². The number of rotatable bonds is 3. The number of cyclic esters (lactones) is 1. The number of carbonyl (C=O) groups is 1. The van der Waals surface area contributed by atoms with E-state index < -0.39 is 30.5 Å². The SMILES string of the molecule is COC1=C(O)C(=O)O[C@@H]1C(O)CO. The maximum atomic E-state index is 10.8. The molecule has 0 aromatic rings. The average molecular weight is 190 g/mol. The van der Waals surface area contributed by atoms with Crippen LogP contribution in [0.3, 0.4) is 0 Å². The van der Waals surface area contributed by atoms with E-state index in [-0.39, 0.29) is 5.76 Å². The summed E-state index contributed by atoms with van der Waals surface area (Å²) >= 11 is 0. The molecule has 0 saturated heterocycles. The molecule has 1 unspecified atom stereocenters. The summed E-state index contributed by atoms with van der Waals surface area (Å²) in [5, 5.41) is 26.8. The van der Waals surface area contributed by atoms with Crippen LogP contribution >= 0.6 is 0 Å². The highest BCUT2D eigenvalue weighted by atomic mass is 16.6. The zero-order chi connectivity index (χ0) is 10.0. The summed E-state index contributed by atoms with van der Waals surface area (Å²) in [5.41, 5.74) is 0. The van der Waals surface area contributed by atoms with E-state index in [1.165, 1.54) is 7.11 Å². The first-order valence-electron chi connectivity index (χ1n) is 3.58. The zero-order valence-corrected chi connectivity index (χ0v) is 6.93. The summed E-state index contributed by atoms with van der Waals surface area (Å²) < 4.78 is 9.17. The fraction of sp³-hybridized carbons (Fsp3) is 0.571. The Bertz CT molecular complexity index is 245. The second-order valence-electron chi connectivity index (χ2n) is 2.49. The lowest BCUT2D eigenvalue weighted by Gasteiger charge is -2.16. The number of methoxy groups -OCH3 is 1. The molecule has 0 fully saturated rings. The highest BCUT2D eigenvalue weighted by Gasteiger charge is 2.39. The van der Waals surface area contributed by atoms with E-state index >= 15 is 0 Å². The van der Waals surface area contributed by atoms with E-state index in [9.17, 15) is 4.79 Å². The third-order valence-electron chi connectivity index (χ3n) is 1.68. The smallest absolute Gasteiger partial charge is 0.378 e. The number of ether oxygens (including phenoxy) is 2. The second-order valence-corrected chi connectivity index (χ2v) is 2.49. The first-order chi connectivity index (χ1) is 6.11. The molecule has 1 rings (SSSR count). The lowest BCUT2D eigenvalue weighted by Crippen LogP contribution is -2.32. The standard InChI is InChI=1S/C7H10O6/c1-12-6-4(10)7(11)13-5(6)3(9)2-8/h3,5,8-10H,2H2,1H3/t3?,5-/m1/s1. The first kappa shape index (κ1) is 9.82. The lowest BCUT2D eigenvalue weighted by molar-refractivity contribution is -0.147. The van der Waals surface area contributed by atoms with Crippen LogP contribution in [-0.2, 0) is 14.3 Å². The lowest BCUT2D eigenvalue weighted by atomic mass is 10.2. The third kappa shape index (κ3) is 1.58. The molecule has 1 aliphatic rings. The molecule has 0 aromatic carbocycles. The molecule has 0 aromatic heterocycles. The van der Waals surface area contributed by atoms with Crippen LogP contribution < -0.4 is 0 Å². The Morgan fingerprint density at radius 1 is 1.69 bits per heavy atom. The number of hydrogen-bond donors (Lipinski definition) is 3. The summed E-state index contributed by atoms with van der Waals surface area (Å²) in [4.78, 5) is 10.8. The van der Waals surface area contributed by atoms with E-state index in [0.717, 1.165) is 0 Å². The Balaban J connectivity index is 2.86. The Kier molecular flexibility index (Phi) is 2.74. The first-order valence-corrected chi connectivity index (χ1v) is 3.58. The van der Waals surface area contributed by atoms with Gasteiger partial charge in [-0.05, 0) is 0 Å². The number of carbonyl (C=O) groups excluding carboxylic acids is 1. The Hall–Kier alpha value is -1.27. The maximum absolute atomic E-state index is 10.8. The van der Waals surface area contributed by atoms with Gasteiger partial charge < -0.3 is 24.8 Å². The van der Waals surface area contributed by atoms with E-state index in [1.54, 1.807) is 0 Å². The molecule has 2 atom stereocenters. The molecule has 0 amide bonds. The van der Waals surface area contributed by atoms with Crippen molar-refractivity contribution in [2.45, 2.75) is 12.2 Å². The van der Waals surface area contributed by atoms with Crippen LogP contribution in [0.5, 0.6) is 0 Å². The van der Waals surface area contributed by atoms with Gasteiger partial charge in [0.05, 0.1) is 13.7 Å². The molecule has 13 heavy (non-hydrogen) atoms. The molecular formula is C7H10O6. The second kappa shape index (κ2) is 3.63. The molecular weight excluding hydrogens is 180 g/mol. The maximum Gasteiger partial charge on any atom is 0.378 e. The van der Waals surface area contributed by atoms with Crippen molar-refractivity contribution in [3.05, 3.63) is 11.5 Å². The van der Waals surface area contributed by atoms with E-state index in [1.807, 2.05) is 0 Å². The van der Waals surface area contributed by atoms with Crippen molar-refractivity contribution in [2.75, 3.05) is 13.7 Å². The zero-order valence-electron chi connectivity index (χ0n) is 6.93. The molecule has 6 heteroatoms. The van der Waals surface area contributed by atoms with Crippen molar-refractivity contribution < 1.29 is 29.6 Å². The largest absolute Gasteiger partial charge is 0.499 e. The summed E-state index contributed by atoms with van der Waals surface area (Å²) in [6.45, 7) is -0.585. The van der Waals surface area contributed by atoms with Crippen LogP contribution in [0.15, 0.2) is 11.5 Å². The molecule has 6 nitrogen and oxygen atoms in total. The molecule has 1 heterocycles. The number of aliphatic hydroxyl groups is 3. The van der Waals surface area contributed by atoms with Gasteiger partial charge in [-0.1, -0.05) is 0 Å². The van der Waals surface area contributed by atoms with Crippen molar-refractivity contribution in [1.82, 2.24) is 0 Å². The molecule has 0 aliphatic carbocycles. The Morgan fingerprint density at radius 3 is 2.77 bits per heavy atom. The highest BCUT2D eigenvalue weighted by Crippen LogP contribution is 2.23. The number of esters is 1. The number of aliphatic hydroxyl groups excluding tert-OH is 3. The van der Waals surface area contributed by atoms with Crippen LogP contribution in [0.2, 0.25) is 0 Å². The summed E-state index contributed by atoms with van der Waals surface area (Å²) in [5.74, 6) is -1.79. The molecule has 0 radical (unpaired) electrons. The van der Waals surface area contributed by atoms with Crippen molar-refractivity contribution in [2.24, 2.45) is 0 Å². The van der Waals surface area contributed by atoms with Crippen LogP contribution in [0.1, 0.15) is 0 Å². The Labute approximate surface area is 74.0 Å². The molecule has 0 spiro atoms. The van der Waals surface area contributed by atoms with Crippen LogP contribution in [0.25, 0.3) is 0 Å². The van der Waals surface area contributed by atoms with Gasteiger partial charge in [0.1, 0.15) is 6.10 Å². The normalized spacial score (nSPS) is 24.5. The van der Waals surface area contributed by atoms with E-state index in [0.29, 0.717) is 0 Å². The van der Waals surface area contributed by atoms with Gasteiger partial charge in [0.25, 0.3) is 0 Å². The van der Waals surface area contributed by atoms with Crippen molar-refractivity contribution >= 4 is 5.97 Å². The summed E-state index contributed by atoms with van der Waals surface area (Å²) in [7, 11) is 1.23. The summed E-state index contributed by atoms with van der Waals surface area (Å²) in [6.07, 6.45) is -2.41. The van der Waals surface area contributed by atoms with Gasteiger partial charge in [0.15, 0.2) is 11.9 Å². The van der Waals surface area contributed by atoms with Gasteiger partial charge in [0, 0.05) is 0 Å². The van der Waals surface area contributed by atoms with Gasteiger partial charge >= 0.3 is 5.97 Å². The van der Waals surface area contributed by atoms with E-state index in [4.69, 9.17) is 15.3 Å². The molecule has 0 saturated carbocycles. The van der Waals surface area contributed by atoms with Gasteiger partial charge in [-0.2, -0.15) is 0 Å². The fourth-order valence-electron chi connectivity index (χ4n) is 1.02. The van der Waals surface area contributed by atoms with Crippen LogP contribution in [-0.4, -0.2) is 47.2 Å². The molecule has 1 aliphatic heterocycles. The monoisotopic (exact) mass is 190 g/mol. The minimum atomic E-state index is -1.29. The summed E-state index contributed by atoms with van der Waals surface area (Å²) in [6, 6.07) is 0. The van der Waals surface area contributed by atoms with Crippen LogP contribution in [0, 0.1) is 0 Å². The minimum Gasteiger partial charge on any atom is -0.499 e. The Morgan fingerprint density at radius 2 is 2.31 bits per heavy atom. The fourth-order valence-corrected chi connectivity index (χ4v) is 1.02. The van der Waals surface area contributed by atoms with E-state index in [2.05, 4.69) is 9.47 Å². The van der Waals surface area contributed by atoms with Crippen LogP contribution in [0.4, 0.5) is 0 Å². The third-order valence-corrected chi connectivity index (χ3v) is 1.68. The van der Waals surface area contributed by atoms with Gasteiger partial charge in [-0.15, -0.1) is 0 Å². The molecule has 74 valence electrons. The number of hydrogen-bond acceptors (Lipinski definition) is 6. The topological polar surface area (TPSA) is 96.2 Å². The molecule has 3 N–H and O–H groups in total. The van der Waals surface area contributed by atoms with Crippen molar-refractivity contribution in [3.63, 3.8) is 0 Å². The molecule has 0 bridgehead atoms. The van der Waals surface area contributed by atoms with Crippen molar-refractivity contribution in [3.8, 4) is 0 Å². The predicted octanol–water partition coefficient (Wildman–Crippen LogP) is -1.32.